The van der Waals surface area contributed by atoms with Crippen LogP contribution in [0.3, 0.4) is 0 Å². The van der Waals surface area contributed by atoms with E-state index in [9.17, 15) is 14.4 Å². The maximum Gasteiger partial charge on any atom is 0.226 e. The van der Waals surface area contributed by atoms with Crippen molar-refractivity contribution in [1.82, 2.24) is 0 Å². The van der Waals surface area contributed by atoms with E-state index in [2.05, 4.69) is 60.2 Å². The van der Waals surface area contributed by atoms with Crippen LogP contribution in [-0.2, 0) is 14.4 Å². The summed E-state index contributed by atoms with van der Waals surface area (Å²) in [6.07, 6.45) is 13.3. The third-order valence-electron chi connectivity index (χ3n) is 13.7. The van der Waals surface area contributed by atoms with E-state index in [4.69, 9.17) is 6.57 Å². The van der Waals surface area contributed by atoms with E-state index in [0.717, 1.165) is 51.4 Å². The van der Waals surface area contributed by atoms with E-state index in [0.29, 0.717) is 18.6 Å². The van der Waals surface area contributed by atoms with E-state index in [1.54, 1.807) is 0 Å². The van der Waals surface area contributed by atoms with Gasteiger partial charge in [-0.05, 0) is 96.4 Å². The van der Waals surface area contributed by atoms with Gasteiger partial charge in [-0.1, -0.05) is 80.9 Å². The number of fused-ring (bicyclic) bond motifs is 7. The summed E-state index contributed by atoms with van der Waals surface area (Å²) in [7, 11) is 0. The van der Waals surface area contributed by atoms with Crippen LogP contribution in [0.25, 0.3) is 4.85 Å². The Bertz CT molecular complexity index is 1320. The summed E-state index contributed by atoms with van der Waals surface area (Å²) in [5, 5.41) is 0. The lowest BCUT2D eigenvalue weighted by Crippen LogP contribution is -2.64. The molecule has 0 aromatic heterocycles. The zero-order valence-electron chi connectivity index (χ0n) is 28.1. The molecule has 0 amide bonds. The molecule has 4 nitrogen and oxygen atoms in total. The van der Waals surface area contributed by atoms with Gasteiger partial charge in [0, 0.05) is 29.6 Å². The lowest BCUT2D eigenvalue weighted by atomic mass is 9.34. The molecule has 0 radical (unpaired) electrons. The van der Waals surface area contributed by atoms with E-state index in [-0.39, 0.29) is 62.1 Å². The number of Topliss-reactive ketones (excluding diaryl/α,β-unsaturated/α-hetero) is 2. The topological polar surface area (TPSA) is 55.6 Å². The van der Waals surface area contributed by atoms with E-state index < -0.39 is 10.8 Å². The number of hydrogen-bond donors (Lipinski definition) is 0. The van der Waals surface area contributed by atoms with Gasteiger partial charge in [-0.15, -0.1) is 0 Å². The average Bonchev–Trinajstić information content (AvgIpc) is 2.85. The van der Waals surface area contributed by atoms with Crippen molar-refractivity contribution < 1.29 is 14.4 Å². The van der Waals surface area contributed by atoms with E-state index in [1.165, 1.54) is 5.57 Å². The Hall–Kier alpha value is -2.02. The van der Waals surface area contributed by atoms with Crippen molar-refractivity contribution in [3.63, 3.8) is 0 Å². The highest BCUT2D eigenvalue weighted by molar-refractivity contribution is 6.03. The summed E-state index contributed by atoms with van der Waals surface area (Å²) in [5.74, 6) is 0.852. The number of ketones is 3. The third kappa shape index (κ3) is 4.45. The van der Waals surface area contributed by atoms with Crippen LogP contribution >= 0.6 is 0 Å². The molecule has 0 unspecified atom stereocenters. The van der Waals surface area contributed by atoms with Crippen molar-refractivity contribution in [2.24, 2.45) is 55.7 Å². The van der Waals surface area contributed by atoms with Gasteiger partial charge in [0.1, 0.15) is 5.78 Å². The van der Waals surface area contributed by atoms with Crippen LogP contribution in [0.1, 0.15) is 133 Å². The third-order valence-corrected chi connectivity index (χ3v) is 13.7. The smallest absolute Gasteiger partial charge is 0.226 e. The van der Waals surface area contributed by atoms with Gasteiger partial charge in [-0.25, -0.2) is 4.85 Å². The van der Waals surface area contributed by atoms with E-state index in [1.807, 2.05) is 26.0 Å². The molecule has 42 heavy (non-hydrogen) atoms. The standard InChI is InChI=1S/C38H55NO3/c1-32(2,3)21-24(40)12-15-38-18-16-33(4,5)22-25(38)30-27(41)20-29-35(8)23-26(39-11)31(42)34(6,7)28(35)13-14-36(29,9)37(30,10)17-19-38/h20,23,25,28,30H,12-19,21-22H2,1-10H3/t25-,28-,30-,35-,36+,37+,38+/m0/s1. The van der Waals surface area contributed by atoms with Gasteiger partial charge >= 0.3 is 0 Å². The average molecular weight is 574 g/mol. The van der Waals surface area contributed by atoms with Gasteiger partial charge in [0.25, 0.3) is 0 Å². The summed E-state index contributed by atoms with van der Waals surface area (Å²) in [6.45, 7) is 30.0. The Balaban J connectivity index is 1.59. The second-order valence-corrected chi connectivity index (χ2v) is 18.4. The van der Waals surface area contributed by atoms with Crippen molar-refractivity contribution in [3.05, 3.63) is 34.8 Å². The molecule has 5 aliphatic carbocycles. The number of carbonyl (C=O) groups excluding carboxylic acids is 3. The maximum atomic E-state index is 14.7. The zero-order valence-corrected chi connectivity index (χ0v) is 28.1. The number of rotatable bonds is 4. The fourth-order valence-electron chi connectivity index (χ4n) is 11.2. The highest BCUT2D eigenvalue weighted by Crippen LogP contribution is 2.75. The van der Waals surface area contributed by atoms with Crippen LogP contribution in [0.2, 0.25) is 0 Å². The SMILES string of the molecule is [C-]#[N+]C1=C[C@]2(C)C3=CC(=O)[C@@H]4[C@@H]5CC(C)(C)CC[C@]5(CCC(=O)CC(C)(C)C)CC[C@@]4(C)[C@]3(C)CC[C@H]2C(C)(C)C1=O. The summed E-state index contributed by atoms with van der Waals surface area (Å²) in [5.41, 5.74) is 0.107. The second kappa shape index (κ2) is 9.49. The van der Waals surface area contributed by atoms with Gasteiger partial charge in [0.2, 0.25) is 5.70 Å². The Morgan fingerprint density at radius 1 is 0.976 bits per heavy atom. The highest BCUT2D eigenvalue weighted by Gasteiger charge is 2.69. The predicted molar refractivity (Wildman–Crippen MR) is 168 cm³/mol. The molecule has 0 saturated heterocycles. The normalized spacial score (nSPS) is 42.2. The Kier molecular flexibility index (Phi) is 7.10. The fourth-order valence-corrected chi connectivity index (χ4v) is 11.2. The first kappa shape index (κ1) is 31.4. The fraction of sp³-hybridized carbons (Fsp3) is 0.789. The van der Waals surface area contributed by atoms with Gasteiger partial charge in [-0.2, -0.15) is 0 Å². The van der Waals surface area contributed by atoms with Gasteiger partial charge in [0.15, 0.2) is 11.6 Å². The van der Waals surface area contributed by atoms with Crippen LogP contribution in [-0.4, -0.2) is 17.3 Å². The molecule has 230 valence electrons. The minimum absolute atomic E-state index is 0.00221. The van der Waals surface area contributed by atoms with Crippen molar-refractivity contribution in [2.45, 2.75) is 133 Å². The molecular weight excluding hydrogens is 518 g/mol. The van der Waals surface area contributed by atoms with E-state index >= 15 is 0 Å². The minimum Gasteiger partial charge on any atom is -0.307 e. The first-order valence-corrected chi connectivity index (χ1v) is 16.6. The molecule has 4 heteroatoms. The minimum atomic E-state index is -0.638. The van der Waals surface area contributed by atoms with Gasteiger partial charge in [-0.3, -0.25) is 9.59 Å². The summed E-state index contributed by atoms with van der Waals surface area (Å²) in [4.78, 5) is 44.8. The second-order valence-electron chi connectivity index (χ2n) is 18.4. The molecule has 0 N–H and O–H groups in total. The molecule has 5 rings (SSSR count). The number of carbonyl (C=O) groups is 3. The van der Waals surface area contributed by atoms with Crippen LogP contribution in [0.15, 0.2) is 23.4 Å². The van der Waals surface area contributed by atoms with Crippen LogP contribution in [0, 0.1) is 62.2 Å². The van der Waals surface area contributed by atoms with Crippen molar-refractivity contribution in [2.75, 3.05) is 0 Å². The molecule has 0 aliphatic heterocycles. The van der Waals surface area contributed by atoms with Crippen molar-refractivity contribution in [1.29, 1.82) is 0 Å². The lowest BCUT2D eigenvalue weighted by Gasteiger charge is -2.69. The predicted octanol–water partition coefficient (Wildman–Crippen LogP) is 9.34. The van der Waals surface area contributed by atoms with Crippen LogP contribution in [0.4, 0.5) is 0 Å². The van der Waals surface area contributed by atoms with Crippen molar-refractivity contribution in [3.8, 4) is 0 Å². The largest absolute Gasteiger partial charge is 0.307 e. The monoisotopic (exact) mass is 573 g/mol. The molecule has 0 aromatic carbocycles. The lowest BCUT2D eigenvalue weighted by molar-refractivity contribution is -0.173. The summed E-state index contributed by atoms with van der Waals surface area (Å²) < 4.78 is 0. The quantitative estimate of drug-likeness (QED) is 0.315. The zero-order chi connectivity index (χ0) is 31.3. The van der Waals surface area contributed by atoms with Gasteiger partial charge in [0.05, 0.1) is 6.57 Å². The molecule has 0 aromatic rings. The molecule has 3 saturated carbocycles. The molecule has 0 heterocycles. The van der Waals surface area contributed by atoms with Crippen molar-refractivity contribution >= 4 is 17.3 Å². The van der Waals surface area contributed by atoms with Gasteiger partial charge < -0.3 is 4.79 Å². The number of hydrogen-bond acceptors (Lipinski definition) is 3. The molecule has 5 aliphatic rings. The summed E-state index contributed by atoms with van der Waals surface area (Å²) >= 11 is 0. The molecule has 0 bridgehead atoms. The first-order chi connectivity index (χ1) is 19.2. The maximum absolute atomic E-state index is 14.7. The first-order valence-electron chi connectivity index (χ1n) is 16.6. The highest BCUT2D eigenvalue weighted by atomic mass is 16.1. The van der Waals surface area contributed by atoms with Crippen LogP contribution < -0.4 is 0 Å². The summed E-state index contributed by atoms with van der Waals surface area (Å²) in [6, 6.07) is 0. The van der Waals surface area contributed by atoms with Crippen LogP contribution in [0.5, 0.6) is 0 Å². The molecule has 7 atom stereocenters. The number of nitrogens with zero attached hydrogens (tertiary/aromatic N) is 1. The molecule has 3 fully saturated rings. The Morgan fingerprint density at radius 3 is 2.24 bits per heavy atom. The Labute approximate surface area is 255 Å². The molecular formula is C38H55NO3. The number of allylic oxidation sites excluding steroid dienone is 4. The Morgan fingerprint density at radius 2 is 1.62 bits per heavy atom. The molecule has 0 spiro atoms.